The van der Waals surface area contributed by atoms with Crippen molar-refractivity contribution in [3.8, 4) is 0 Å². The van der Waals surface area contributed by atoms with Crippen LogP contribution in [0.25, 0.3) is 0 Å². The van der Waals surface area contributed by atoms with Gasteiger partial charge in [-0.25, -0.2) is 13.1 Å². The van der Waals surface area contributed by atoms with E-state index in [1.54, 1.807) is 23.1 Å². The highest BCUT2D eigenvalue weighted by Gasteiger charge is 2.32. The highest BCUT2D eigenvalue weighted by Crippen LogP contribution is 2.34. The Bertz CT molecular complexity index is 977. The second-order valence-electron chi connectivity index (χ2n) is 10.0. The van der Waals surface area contributed by atoms with Crippen molar-refractivity contribution in [2.45, 2.75) is 82.6 Å². The Kier molecular flexibility index (Phi) is 7.43. The minimum atomic E-state index is -3.62. The molecule has 2 fully saturated rings. The average molecular weight is 476 g/mol. The fraction of sp³-hybridized carbons (Fsp3) is 0.680. The molecule has 4 rings (SSSR count). The van der Waals surface area contributed by atoms with Gasteiger partial charge in [0.15, 0.2) is 0 Å². The third-order valence-electron chi connectivity index (χ3n) is 7.59. The Labute approximate surface area is 198 Å². The maximum Gasteiger partial charge on any atom is 0.240 e. The van der Waals surface area contributed by atoms with Crippen LogP contribution < -0.4 is 9.62 Å². The van der Waals surface area contributed by atoms with Gasteiger partial charge in [-0.15, -0.1) is 0 Å². The van der Waals surface area contributed by atoms with Gasteiger partial charge in [0.05, 0.1) is 4.90 Å². The van der Waals surface area contributed by atoms with Gasteiger partial charge < -0.3 is 9.80 Å². The van der Waals surface area contributed by atoms with Crippen LogP contribution in [0.3, 0.4) is 0 Å². The summed E-state index contributed by atoms with van der Waals surface area (Å²) in [7, 11) is -3.62. The second-order valence-corrected chi connectivity index (χ2v) is 11.8. The van der Waals surface area contributed by atoms with Gasteiger partial charge in [0, 0.05) is 44.2 Å². The van der Waals surface area contributed by atoms with Crippen LogP contribution >= 0.6 is 0 Å². The van der Waals surface area contributed by atoms with Crippen molar-refractivity contribution in [3.63, 3.8) is 0 Å². The standard InChI is InChI=1S/C25H37N3O4S/c1-18-15-22-16-23(11-12-24(22)28(18)19(2)29)33(31,32)26-17-20-7-9-21(10-8-20)25(30)27-13-5-3-4-6-14-27/h11-12,16,18,20-21,26H,3-10,13-15,17H2,1-2H3. The Morgan fingerprint density at radius 3 is 2.33 bits per heavy atom. The summed E-state index contributed by atoms with van der Waals surface area (Å²) >= 11 is 0. The summed E-state index contributed by atoms with van der Waals surface area (Å²) < 4.78 is 28.7. The molecule has 1 aromatic carbocycles. The fourth-order valence-electron chi connectivity index (χ4n) is 5.73. The molecule has 1 saturated carbocycles. The predicted molar refractivity (Wildman–Crippen MR) is 128 cm³/mol. The molecule has 3 aliphatic rings. The number of likely N-dealkylation sites (tertiary alicyclic amines) is 1. The molecule has 1 aliphatic carbocycles. The monoisotopic (exact) mass is 475 g/mol. The fourth-order valence-corrected chi connectivity index (χ4v) is 6.89. The van der Waals surface area contributed by atoms with Crippen LogP contribution in [0.5, 0.6) is 0 Å². The van der Waals surface area contributed by atoms with Crippen molar-refractivity contribution in [2.75, 3.05) is 24.5 Å². The number of benzene rings is 1. The minimum Gasteiger partial charge on any atom is -0.342 e. The summed E-state index contributed by atoms with van der Waals surface area (Å²) in [5.74, 6) is 0.636. The number of rotatable bonds is 5. The first-order valence-corrected chi connectivity index (χ1v) is 14.0. The smallest absolute Gasteiger partial charge is 0.240 e. The van der Waals surface area contributed by atoms with E-state index in [2.05, 4.69) is 9.62 Å². The van der Waals surface area contributed by atoms with E-state index in [9.17, 15) is 18.0 Å². The largest absolute Gasteiger partial charge is 0.342 e. The highest BCUT2D eigenvalue weighted by atomic mass is 32.2. The zero-order valence-corrected chi connectivity index (χ0v) is 20.7. The van der Waals surface area contributed by atoms with Gasteiger partial charge in [-0.2, -0.15) is 0 Å². The molecule has 0 radical (unpaired) electrons. The highest BCUT2D eigenvalue weighted by molar-refractivity contribution is 7.89. The summed E-state index contributed by atoms with van der Waals surface area (Å²) in [6, 6.07) is 5.07. The van der Waals surface area contributed by atoms with Crippen molar-refractivity contribution < 1.29 is 18.0 Å². The van der Waals surface area contributed by atoms with Crippen LogP contribution in [0.15, 0.2) is 23.1 Å². The van der Waals surface area contributed by atoms with Crippen molar-refractivity contribution in [3.05, 3.63) is 23.8 Å². The number of hydrogen-bond acceptors (Lipinski definition) is 4. The SMILES string of the molecule is CC(=O)N1c2ccc(S(=O)(=O)NCC3CCC(C(=O)N4CCCCCC4)CC3)cc2CC1C. The van der Waals surface area contributed by atoms with Crippen LogP contribution in [0.2, 0.25) is 0 Å². The van der Waals surface area contributed by atoms with Crippen molar-refractivity contribution in [2.24, 2.45) is 11.8 Å². The van der Waals surface area contributed by atoms with Crippen LogP contribution in [0.1, 0.15) is 70.8 Å². The minimum absolute atomic E-state index is 0.0279. The molecule has 0 bridgehead atoms. The molecular formula is C25H37N3O4S. The number of anilines is 1. The molecule has 1 atom stereocenters. The second kappa shape index (κ2) is 10.1. The van der Waals surface area contributed by atoms with E-state index in [-0.39, 0.29) is 28.7 Å². The maximum atomic E-state index is 12.9. The number of carbonyl (C=O) groups is 2. The summed E-state index contributed by atoms with van der Waals surface area (Å²) in [5, 5.41) is 0. The first-order chi connectivity index (χ1) is 15.8. The molecule has 8 heteroatoms. The molecule has 2 heterocycles. The van der Waals surface area contributed by atoms with E-state index in [1.807, 2.05) is 6.92 Å². The van der Waals surface area contributed by atoms with Gasteiger partial charge in [0.1, 0.15) is 0 Å². The van der Waals surface area contributed by atoms with Gasteiger partial charge in [-0.3, -0.25) is 9.59 Å². The topological polar surface area (TPSA) is 86.8 Å². The molecule has 0 aromatic heterocycles. The van der Waals surface area contributed by atoms with Crippen LogP contribution in [0, 0.1) is 11.8 Å². The molecule has 1 saturated heterocycles. The lowest BCUT2D eigenvalue weighted by molar-refractivity contribution is -0.136. The zero-order valence-electron chi connectivity index (χ0n) is 19.9. The molecule has 1 N–H and O–H groups in total. The summed E-state index contributed by atoms with van der Waals surface area (Å²) in [6.07, 6.45) is 8.76. The van der Waals surface area contributed by atoms with E-state index in [4.69, 9.17) is 0 Å². The molecule has 7 nitrogen and oxygen atoms in total. The first-order valence-electron chi connectivity index (χ1n) is 12.5. The van der Waals surface area contributed by atoms with E-state index >= 15 is 0 Å². The lowest BCUT2D eigenvalue weighted by Crippen LogP contribution is -2.39. The molecule has 182 valence electrons. The van der Waals surface area contributed by atoms with Crippen molar-refractivity contribution in [1.29, 1.82) is 0 Å². The molecule has 1 unspecified atom stereocenters. The molecule has 1 aromatic rings. The number of sulfonamides is 1. The average Bonchev–Trinajstić information content (AvgIpc) is 2.94. The Morgan fingerprint density at radius 2 is 1.70 bits per heavy atom. The number of amides is 2. The molecule has 2 aliphatic heterocycles. The Hall–Kier alpha value is -1.93. The van der Waals surface area contributed by atoms with Crippen molar-refractivity contribution >= 4 is 27.5 Å². The van der Waals surface area contributed by atoms with E-state index in [1.165, 1.54) is 19.8 Å². The summed E-state index contributed by atoms with van der Waals surface area (Å²) in [4.78, 5) is 28.8. The van der Waals surface area contributed by atoms with Crippen molar-refractivity contribution in [1.82, 2.24) is 9.62 Å². The third kappa shape index (κ3) is 5.43. The Balaban J connectivity index is 1.30. The van der Waals surface area contributed by atoms with E-state index in [0.29, 0.717) is 18.9 Å². The van der Waals surface area contributed by atoms with E-state index < -0.39 is 10.0 Å². The maximum absolute atomic E-state index is 12.9. The van der Waals surface area contributed by atoms with Gasteiger partial charge in [0.25, 0.3) is 0 Å². The normalized spacial score (nSPS) is 26.1. The lowest BCUT2D eigenvalue weighted by Gasteiger charge is -2.31. The van der Waals surface area contributed by atoms with Crippen LogP contribution in [-0.2, 0) is 26.0 Å². The van der Waals surface area contributed by atoms with Gasteiger partial charge >= 0.3 is 0 Å². The number of hydrogen-bond donors (Lipinski definition) is 1. The Morgan fingerprint density at radius 1 is 1.03 bits per heavy atom. The summed E-state index contributed by atoms with van der Waals surface area (Å²) in [5.41, 5.74) is 1.70. The summed E-state index contributed by atoms with van der Waals surface area (Å²) in [6.45, 7) is 5.69. The number of carbonyl (C=O) groups excluding carboxylic acids is 2. The number of fused-ring (bicyclic) bond motifs is 1. The van der Waals surface area contributed by atoms with Gasteiger partial charge in [0.2, 0.25) is 21.8 Å². The zero-order chi connectivity index (χ0) is 23.6. The van der Waals surface area contributed by atoms with E-state index in [0.717, 1.165) is 62.9 Å². The first kappa shape index (κ1) is 24.2. The van der Waals surface area contributed by atoms with Gasteiger partial charge in [-0.1, -0.05) is 12.8 Å². The lowest BCUT2D eigenvalue weighted by atomic mass is 9.81. The van der Waals surface area contributed by atoms with Crippen LogP contribution in [-0.4, -0.2) is 50.8 Å². The quantitative estimate of drug-likeness (QED) is 0.706. The molecule has 0 spiro atoms. The van der Waals surface area contributed by atoms with Gasteiger partial charge in [-0.05, 0) is 81.5 Å². The molecular weight excluding hydrogens is 438 g/mol. The number of nitrogens with one attached hydrogen (secondary N) is 1. The predicted octanol–water partition coefficient (Wildman–Crippen LogP) is 3.47. The number of nitrogens with zero attached hydrogens (tertiary/aromatic N) is 2. The third-order valence-corrected chi connectivity index (χ3v) is 9.01. The van der Waals surface area contributed by atoms with Crippen LogP contribution in [0.4, 0.5) is 5.69 Å². The molecule has 33 heavy (non-hydrogen) atoms. The molecule has 2 amide bonds.